The maximum absolute atomic E-state index is 12.1. The molecule has 4 nitrogen and oxygen atoms in total. The van der Waals surface area contributed by atoms with Crippen LogP contribution in [0.5, 0.6) is 0 Å². The molecule has 3 rings (SSSR count). The number of halogens is 2. The summed E-state index contributed by atoms with van der Waals surface area (Å²) in [6.07, 6.45) is 5.14. The third-order valence-corrected chi connectivity index (χ3v) is 6.13. The number of carbonyl (C=O) groups excluding carboxylic acids is 2. The maximum Gasteiger partial charge on any atom is 0.340 e. The lowest BCUT2D eigenvalue weighted by Crippen LogP contribution is -2.42. The number of esters is 1. The van der Waals surface area contributed by atoms with Crippen LogP contribution in [-0.4, -0.2) is 24.5 Å². The van der Waals surface area contributed by atoms with Crippen molar-refractivity contribution in [2.24, 2.45) is 17.8 Å². The second-order valence-corrected chi connectivity index (χ2v) is 8.22. The largest absolute Gasteiger partial charge is 0.452 e. The molecule has 1 aromatic rings. The summed E-state index contributed by atoms with van der Waals surface area (Å²) in [5.74, 6) is 1.29. The fraction of sp³-hybridized carbons (Fsp3) is 0.556. The van der Waals surface area contributed by atoms with Gasteiger partial charge in [-0.3, -0.25) is 4.79 Å². The molecule has 0 aliphatic heterocycles. The Bertz CT molecular complexity index is 651. The van der Waals surface area contributed by atoms with Crippen molar-refractivity contribution in [3.63, 3.8) is 0 Å². The van der Waals surface area contributed by atoms with Gasteiger partial charge in [-0.05, 0) is 62.1 Å². The van der Waals surface area contributed by atoms with Gasteiger partial charge in [-0.1, -0.05) is 34.0 Å². The number of benzene rings is 1. The van der Waals surface area contributed by atoms with Crippen LogP contribution >= 0.6 is 27.5 Å². The zero-order chi connectivity index (χ0) is 17.3. The van der Waals surface area contributed by atoms with Crippen LogP contribution in [0.1, 0.15) is 43.0 Å². The van der Waals surface area contributed by atoms with Gasteiger partial charge in [0.2, 0.25) is 0 Å². The molecule has 0 heterocycles. The van der Waals surface area contributed by atoms with Gasteiger partial charge in [0.1, 0.15) is 0 Å². The van der Waals surface area contributed by atoms with Crippen molar-refractivity contribution in [1.82, 2.24) is 5.32 Å². The predicted octanol–water partition coefficient (Wildman–Crippen LogP) is 4.20. The van der Waals surface area contributed by atoms with E-state index in [0.29, 0.717) is 10.9 Å². The van der Waals surface area contributed by atoms with Gasteiger partial charge in [0.05, 0.1) is 10.6 Å². The van der Waals surface area contributed by atoms with Crippen molar-refractivity contribution in [2.75, 3.05) is 6.61 Å². The molecule has 0 aromatic heterocycles. The van der Waals surface area contributed by atoms with Crippen molar-refractivity contribution in [2.45, 2.75) is 38.6 Å². The zero-order valence-electron chi connectivity index (χ0n) is 13.6. The number of hydrogen-bond acceptors (Lipinski definition) is 3. The number of amides is 1. The minimum absolute atomic E-state index is 0.126. The first-order valence-corrected chi connectivity index (χ1v) is 9.52. The number of carbonyl (C=O) groups is 2. The van der Waals surface area contributed by atoms with E-state index in [-0.39, 0.29) is 24.1 Å². The standard InChI is InChI=1S/C18H21BrClNO3/c1-10(14-7-11-2-3-12(14)6-11)21-17(22)9-24-18(23)15-8-13(19)4-5-16(15)20/h4-5,8,10-12,14H,2-3,6-7,9H2,1H3,(H,21,22)/t10-,11-,12-,14-/m0/s1. The molecule has 0 unspecified atom stereocenters. The molecule has 1 aromatic carbocycles. The highest BCUT2D eigenvalue weighted by Gasteiger charge is 2.42. The van der Waals surface area contributed by atoms with Gasteiger partial charge in [-0.2, -0.15) is 0 Å². The first kappa shape index (κ1) is 17.7. The Morgan fingerprint density at radius 1 is 1.38 bits per heavy atom. The van der Waals surface area contributed by atoms with Gasteiger partial charge in [-0.15, -0.1) is 0 Å². The van der Waals surface area contributed by atoms with E-state index >= 15 is 0 Å². The summed E-state index contributed by atoms with van der Waals surface area (Å²) in [4.78, 5) is 24.1. The first-order valence-electron chi connectivity index (χ1n) is 8.35. The maximum atomic E-state index is 12.1. The van der Waals surface area contributed by atoms with E-state index in [9.17, 15) is 9.59 Å². The third-order valence-electron chi connectivity index (χ3n) is 5.31. The fourth-order valence-electron chi connectivity index (χ4n) is 4.17. The van der Waals surface area contributed by atoms with Crippen LogP contribution in [-0.2, 0) is 9.53 Å². The number of rotatable bonds is 5. The summed E-state index contributed by atoms with van der Waals surface area (Å²) >= 11 is 9.28. The van der Waals surface area contributed by atoms with Crippen molar-refractivity contribution in [3.8, 4) is 0 Å². The minimum atomic E-state index is -0.593. The van der Waals surface area contributed by atoms with E-state index < -0.39 is 5.97 Å². The van der Waals surface area contributed by atoms with E-state index in [2.05, 4.69) is 28.2 Å². The zero-order valence-corrected chi connectivity index (χ0v) is 15.9. The average molecular weight is 415 g/mol. The molecule has 4 atom stereocenters. The summed E-state index contributed by atoms with van der Waals surface area (Å²) < 4.78 is 5.82. The Kier molecular flexibility index (Phi) is 5.50. The van der Waals surface area contributed by atoms with Crippen LogP contribution < -0.4 is 5.32 Å². The van der Waals surface area contributed by atoms with Gasteiger partial charge in [0.15, 0.2) is 6.61 Å². The smallest absolute Gasteiger partial charge is 0.340 e. The molecule has 0 saturated heterocycles. The molecule has 1 N–H and O–H groups in total. The number of hydrogen-bond donors (Lipinski definition) is 1. The molecule has 2 saturated carbocycles. The van der Waals surface area contributed by atoms with E-state index in [0.717, 1.165) is 16.3 Å². The average Bonchev–Trinajstić information content (AvgIpc) is 3.18. The van der Waals surface area contributed by atoms with Gasteiger partial charge < -0.3 is 10.1 Å². The molecule has 1 amide bonds. The lowest BCUT2D eigenvalue weighted by molar-refractivity contribution is -0.125. The Balaban J connectivity index is 1.48. The normalized spacial score (nSPS) is 26.2. The molecule has 2 bridgehead atoms. The van der Waals surface area contributed by atoms with Crippen LogP contribution in [0.3, 0.4) is 0 Å². The Hall–Kier alpha value is -1.07. The Morgan fingerprint density at radius 3 is 2.83 bits per heavy atom. The molecule has 0 spiro atoms. The van der Waals surface area contributed by atoms with Crippen molar-refractivity contribution in [3.05, 3.63) is 33.3 Å². The van der Waals surface area contributed by atoms with E-state index in [1.165, 1.54) is 25.7 Å². The van der Waals surface area contributed by atoms with Gasteiger partial charge in [0.25, 0.3) is 5.91 Å². The van der Waals surface area contributed by atoms with E-state index in [4.69, 9.17) is 16.3 Å². The summed E-state index contributed by atoms with van der Waals surface area (Å²) in [6, 6.07) is 5.06. The SMILES string of the molecule is C[C@H](NC(=O)COC(=O)c1cc(Br)ccc1Cl)[C@@H]1C[C@H]2CC[C@H]1C2. The number of fused-ring (bicyclic) bond motifs is 2. The summed E-state index contributed by atoms with van der Waals surface area (Å²) in [5, 5.41) is 3.29. The molecule has 2 aliphatic rings. The Morgan fingerprint density at radius 2 is 2.17 bits per heavy atom. The summed E-state index contributed by atoms with van der Waals surface area (Å²) in [6.45, 7) is 1.77. The predicted molar refractivity (Wildman–Crippen MR) is 96.0 cm³/mol. The van der Waals surface area contributed by atoms with Crippen LogP contribution in [0.25, 0.3) is 0 Å². The van der Waals surface area contributed by atoms with Crippen LogP contribution in [0.4, 0.5) is 0 Å². The highest BCUT2D eigenvalue weighted by molar-refractivity contribution is 9.10. The van der Waals surface area contributed by atoms with Gasteiger partial charge >= 0.3 is 5.97 Å². The van der Waals surface area contributed by atoms with Crippen molar-refractivity contribution in [1.29, 1.82) is 0 Å². The fourth-order valence-corrected chi connectivity index (χ4v) is 4.73. The molecular weight excluding hydrogens is 394 g/mol. The molecule has 2 fully saturated rings. The third kappa shape index (κ3) is 3.94. The quantitative estimate of drug-likeness (QED) is 0.735. The highest BCUT2D eigenvalue weighted by atomic mass is 79.9. The highest BCUT2D eigenvalue weighted by Crippen LogP contribution is 2.49. The number of ether oxygens (including phenoxy) is 1. The van der Waals surface area contributed by atoms with Crippen molar-refractivity contribution < 1.29 is 14.3 Å². The van der Waals surface area contributed by atoms with Crippen LogP contribution in [0.15, 0.2) is 22.7 Å². The van der Waals surface area contributed by atoms with Gasteiger partial charge in [-0.25, -0.2) is 4.79 Å². The van der Waals surface area contributed by atoms with Crippen LogP contribution in [0.2, 0.25) is 5.02 Å². The molecular formula is C18H21BrClNO3. The summed E-state index contributed by atoms with van der Waals surface area (Å²) in [7, 11) is 0. The second kappa shape index (κ2) is 7.44. The molecule has 0 radical (unpaired) electrons. The van der Waals surface area contributed by atoms with Crippen molar-refractivity contribution >= 4 is 39.4 Å². The van der Waals surface area contributed by atoms with E-state index in [1.54, 1.807) is 18.2 Å². The summed E-state index contributed by atoms with van der Waals surface area (Å²) in [5.41, 5.74) is 0.250. The first-order chi connectivity index (χ1) is 11.4. The molecule has 2 aliphatic carbocycles. The monoisotopic (exact) mass is 413 g/mol. The van der Waals surface area contributed by atoms with Crippen LogP contribution in [0, 0.1) is 17.8 Å². The number of nitrogens with one attached hydrogen (secondary N) is 1. The lowest BCUT2D eigenvalue weighted by Gasteiger charge is -2.28. The molecule has 24 heavy (non-hydrogen) atoms. The lowest BCUT2D eigenvalue weighted by atomic mass is 9.84. The van der Waals surface area contributed by atoms with E-state index in [1.807, 2.05) is 0 Å². The molecule has 6 heteroatoms. The minimum Gasteiger partial charge on any atom is -0.452 e. The Labute approximate surface area is 155 Å². The second-order valence-electron chi connectivity index (χ2n) is 6.90. The van der Waals surface area contributed by atoms with Gasteiger partial charge in [0, 0.05) is 10.5 Å². The topological polar surface area (TPSA) is 55.4 Å². The molecule has 130 valence electrons.